The molecule has 0 radical (unpaired) electrons. The Morgan fingerprint density at radius 1 is 1.08 bits per heavy atom. The quantitative estimate of drug-likeness (QED) is 0.608. The summed E-state index contributed by atoms with van der Waals surface area (Å²) in [6.45, 7) is 0.628. The van der Waals surface area contributed by atoms with E-state index in [4.69, 9.17) is 0 Å². The van der Waals surface area contributed by atoms with E-state index in [0.29, 0.717) is 24.0 Å². The second-order valence-electron chi connectivity index (χ2n) is 5.68. The maximum Gasteiger partial charge on any atom is 0.573 e. The molecule has 0 bridgehead atoms. The topological polar surface area (TPSA) is 44.1 Å². The van der Waals surface area contributed by atoms with E-state index in [9.17, 15) is 18.0 Å². The van der Waals surface area contributed by atoms with Gasteiger partial charge in [-0.2, -0.15) is 5.10 Å². The van der Waals surface area contributed by atoms with Crippen molar-refractivity contribution < 1.29 is 22.7 Å². The number of aldehydes is 1. The van der Waals surface area contributed by atoms with Crippen molar-refractivity contribution in [2.75, 3.05) is 0 Å². The van der Waals surface area contributed by atoms with Crippen LogP contribution in [0.25, 0.3) is 11.1 Å². The number of carbonyl (C=O) groups excluding carboxylic acids is 1. The molecule has 0 saturated carbocycles. The van der Waals surface area contributed by atoms with Gasteiger partial charge < -0.3 is 4.74 Å². The maximum absolute atomic E-state index is 12.4. The van der Waals surface area contributed by atoms with E-state index >= 15 is 0 Å². The zero-order chi connectivity index (χ0) is 18.6. The molecule has 0 saturated heterocycles. The fourth-order valence-corrected chi connectivity index (χ4v) is 2.57. The number of aryl methyl sites for hydroxylation is 2. The van der Waals surface area contributed by atoms with Crippen molar-refractivity contribution in [3.05, 3.63) is 72.1 Å². The molecule has 0 atom stereocenters. The van der Waals surface area contributed by atoms with Gasteiger partial charge in [-0.05, 0) is 35.7 Å². The number of halogens is 3. The summed E-state index contributed by atoms with van der Waals surface area (Å²) in [6.07, 6.45) is -0.291. The van der Waals surface area contributed by atoms with Crippen molar-refractivity contribution in [2.45, 2.75) is 19.3 Å². The summed E-state index contributed by atoms with van der Waals surface area (Å²) < 4.78 is 43.0. The van der Waals surface area contributed by atoms with Gasteiger partial charge in [0.25, 0.3) is 0 Å². The third-order valence-electron chi connectivity index (χ3n) is 3.74. The Bertz CT molecular complexity index is 889. The van der Waals surface area contributed by atoms with Gasteiger partial charge in [0.05, 0.1) is 6.20 Å². The largest absolute Gasteiger partial charge is 0.573 e. The van der Waals surface area contributed by atoms with Gasteiger partial charge in [0, 0.05) is 23.9 Å². The second kappa shape index (κ2) is 7.43. The minimum absolute atomic E-state index is 0.0961. The van der Waals surface area contributed by atoms with E-state index in [1.165, 1.54) is 12.1 Å². The predicted molar refractivity (Wildman–Crippen MR) is 89.9 cm³/mol. The monoisotopic (exact) mass is 360 g/mol. The van der Waals surface area contributed by atoms with Gasteiger partial charge in [0.2, 0.25) is 0 Å². The summed E-state index contributed by atoms with van der Waals surface area (Å²) in [5.74, 6) is -0.436. The summed E-state index contributed by atoms with van der Waals surface area (Å²) in [4.78, 5) is 11.0. The van der Waals surface area contributed by atoms with Gasteiger partial charge in [-0.15, -0.1) is 13.2 Å². The highest BCUT2D eigenvalue weighted by atomic mass is 19.4. The Morgan fingerprint density at radius 2 is 1.85 bits per heavy atom. The Kier molecular flexibility index (Phi) is 5.06. The normalized spacial score (nSPS) is 11.3. The molecule has 26 heavy (non-hydrogen) atoms. The molecule has 1 aromatic heterocycles. The highest BCUT2D eigenvalue weighted by Gasteiger charge is 2.31. The Balaban J connectivity index is 1.79. The maximum atomic E-state index is 12.4. The van der Waals surface area contributed by atoms with Crippen LogP contribution in [0.4, 0.5) is 13.2 Å². The van der Waals surface area contributed by atoms with Crippen LogP contribution in [0.2, 0.25) is 0 Å². The minimum Gasteiger partial charge on any atom is -0.406 e. The first-order valence-electron chi connectivity index (χ1n) is 7.86. The van der Waals surface area contributed by atoms with Crippen molar-refractivity contribution in [2.24, 2.45) is 0 Å². The Labute approximate surface area is 147 Å². The number of alkyl halides is 3. The number of carbonyl (C=O) groups is 1. The molecule has 3 rings (SSSR count). The summed E-state index contributed by atoms with van der Waals surface area (Å²) >= 11 is 0. The molecule has 134 valence electrons. The minimum atomic E-state index is -4.82. The highest BCUT2D eigenvalue weighted by molar-refractivity contribution is 5.80. The van der Waals surface area contributed by atoms with Crippen molar-refractivity contribution in [3.63, 3.8) is 0 Å². The van der Waals surface area contributed by atoms with E-state index in [0.717, 1.165) is 18.1 Å². The van der Waals surface area contributed by atoms with Crippen LogP contribution in [-0.4, -0.2) is 22.4 Å². The van der Waals surface area contributed by atoms with Gasteiger partial charge in [0.15, 0.2) is 0 Å². The van der Waals surface area contributed by atoms with Crippen LogP contribution in [0.15, 0.2) is 60.9 Å². The van der Waals surface area contributed by atoms with E-state index in [2.05, 4.69) is 9.84 Å². The molecule has 1 heterocycles. The first-order valence-corrected chi connectivity index (χ1v) is 7.86. The molecule has 3 aromatic rings. The third-order valence-corrected chi connectivity index (χ3v) is 3.74. The Morgan fingerprint density at radius 3 is 2.54 bits per heavy atom. The second-order valence-corrected chi connectivity index (χ2v) is 5.68. The van der Waals surface area contributed by atoms with Crippen molar-refractivity contribution >= 4 is 6.29 Å². The fourth-order valence-electron chi connectivity index (χ4n) is 2.57. The molecule has 0 spiro atoms. The number of benzene rings is 2. The van der Waals surface area contributed by atoms with Crippen molar-refractivity contribution in [1.29, 1.82) is 0 Å². The first kappa shape index (κ1) is 17.7. The molecule has 0 aliphatic heterocycles. The molecule has 0 aliphatic carbocycles. The zero-order valence-corrected chi connectivity index (χ0v) is 13.6. The molecule has 0 fully saturated rings. The van der Waals surface area contributed by atoms with E-state index < -0.39 is 12.1 Å². The first-order chi connectivity index (χ1) is 12.4. The number of aromatic nitrogens is 2. The molecule has 2 aromatic carbocycles. The summed E-state index contributed by atoms with van der Waals surface area (Å²) in [7, 11) is 0. The number of rotatable bonds is 6. The van der Waals surface area contributed by atoms with Crippen molar-refractivity contribution in [3.8, 4) is 16.9 Å². The Hall–Kier alpha value is -3.09. The van der Waals surface area contributed by atoms with Gasteiger partial charge in [-0.3, -0.25) is 9.48 Å². The van der Waals surface area contributed by atoms with E-state index in [1.807, 2.05) is 30.3 Å². The van der Waals surface area contributed by atoms with Crippen LogP contribution < -0.4 is 4.74 Å². The average Bonchev–Trinajstić information content (AvgIpc) is 3.08. The predicted octanol–water partition coefficient (Wildman–Crippen LogP) is 4.50. The van der Waals surface area contributed by atoms with E-state index in [-0.39, 0.29) is 5.56 Å². The SMILES string of the molecule is O=Cc1cc(OC(F)(F)F)cc(-c2cnn(CCc3ccccc3)c2)c1. The van der Waals surface area contributed by atoms with Gasteiger partial charge >= 0.3 is 6.36 Å². The molecule has 4 nitrogen and oxygen atoms in total. The van der Waals surface area contributed by atoms with Crippen LogP contribution in [0.3, 0.4) is 0 Å². The average molecular weight is 360 g/mol. The number of hydrogen-bond acceptors (Lipinski definition) is 3. The van der Waals surface area contributed by atoms with Crippen LogP contribution >= 0.6 is 0 Å². The van der Waals surface area contributed by atoms with Crippen LogP contribution in [-0.2, 0) is 13.0 Å². The fraction of sp³-hybridized carbons (Fsp3) is 0.158. The van der Waals surface area contributed by atoms with Gasteiger partial charge in [-0.1, -0.05) is 30.3 Å². The lowest BCUT2D eigenvalue weighted by Gasteiger charge is -2.10. The molecule has 0 unspecified atom stereocenters. The lowest BCUT2D eigenvalue weighted by molar-refractivity contribution is -0.274. The summed E-state index contributed by atoms with van der Waals surface area (Å²) in [6, 6.07) is 13.7. The molecule has 7 heteroatoms. The van der Waals surface area contributed by atoms with E-state index in [1.54, 1.807) is 17.1 Å². The lowest BCUT2D eigenvalue weighted by Crippen LogP contribution is -2.17. The molecule has 0 N–H and O–H groups in total. The molecule has 0 amide bonds. The third kappa shape index (κ3) is 4.72. The number of hydrogen-bond donors (Lipinski definition) is 0. The molecular formula is C19H15F3N2O2. The standard InChI is InChI=1S/C19H15F3N2O2/c20-19(21,22)26-18-9-15(13-25)8-16(10-18)17-11-23-24(12-17)7-6-14-4-2-1-3-5-14/h1-5,8-13H,6-7H2. The summed E-state index contributed by atoms with van der Waals surface area (Å²) in [5, 5.41) is 4.23. The zero-order valence-electron chi connectivity index (χ0n) is 13.6. The summed E-state index contributed by atoms with van der Waals surface area (Å²) in [5.41, 5.74) is 2.29. The lowest BCUT2D eigenvalue weighted by atomic mass is 10.1. The molecular weight excluding hydrogens is 345 g/mol. The number of ether oxygens (including phenoxy) is 1. The molecule has 0 aliphatic rings. The van der Waals surface area contributed by atoms with Crippen molar-refractivity contribution in [1.82, 2.24) is 9.78 Å². The highest BCUT2D eigenvalue weighted by Crippen LogP contribution is 2.29. The van der Waals surface area contributed by atoms with Crippen LogP contribution in [0.5, 0.6) is 5.75 Å². The van der Waals surface area contributed by atoms with Crippen LogP contribution in [0.1, 0.15) is 15.9 Å². The number of nitrogens with zero attached hydrogens (tertiary/aromatic N) is 2. The van der Waals surface area contributed by atoms with Gasteiger partial charge in [0.1, 0.15) is 12.0 Å². The smallest absolute Gasteiger partial charge is 0.406 e. The van der Waals surface area contributed by atoms with Gasteiger partial charge in [-0.25, -0.2) is 0 Å². The van der Waals surface area contributed by atoms with Crippen LogP contribution in [0, 0.1) is 0 Å².